The smallest absolute Gasteiger partial charge is 0.452 e. The molecule has 3 aromatic rings. The average molecular weight is 546 g/mol. The Labute approximate surface area is 213 Å². The summed E-state index contributed by atoms with van der Waals surface area (Å²) in [5.41, 5.74) is 0.655. The summed E-state index contributed by atoms with van der Waals surface area (Å²) in [5, 5.41) is 7.47. The topological polar surface area (TPSA) is 84.7 Å². The number of hydrogen-bond acceptors (Lipinski definition) is 7. The molecule has 2 aromatic carbocycles. The molecule has 1 aliphatic heterocycles. The minimum Gasteiger partial charge on any atom is -0.493 e. The first kappa shape index (κ1) is 26.1. The molecule has 0 fully saturated rings. The third-order valence-corrected chi connectivity index (χ3v) is 6.12. The lowest BCUT2D eigenvalue weighted by Gasteiger charge is -2.24. The number of carbonyl (C=O) groups is 1. The number of fused-ring (bicyclic) bond motifs is 3. The molecule has 0 N–H and O–H groups in total. The molecule has 1 aromatic heterocycles. The Morgan fingerprint density at radius 3 is 2.50 bits per heavy atom. The van der Waals surface area contributed by atoms with Crippen molar-refractivity contribution < 1.29 is 36.9 Å². The van der Waals surface area contributed by atoms with E-state index in [1.54, 1.807) is 19.1 Å². The van der Waals surface area contributed by atoms with E-state index in [0.29, 0.717) is 11.3 Å². The molecule has 2 heterocycles. The number of hydrogen-bond donors (Lipinski definition) is 0. The molecule has 0 saturated carbocycles. The molecule has 0 unspecified atom stereocenters. The third-order valence-electron chi connectivity index (χ3n) is 5.50. The molecule has 13 heteroatoms. The largest absolute Gasteiger partial charge is 0.493 e. The van der Waals surface area contributed by atoms with E-state index in [-0.39, 0.29) is 39.5 Å². The summed E-state index contributed by atoms with van der Waals surface area (Å²) in [7, 11) is 2.83. The molecule has 2 atom stereocenters. The van der Waals surface area contributed by atoms with Gasteiger partial charge in [-0.2, -0.15) is 13.2 Å². The molecule has 4 rings (SSSR count). The minimum atomic E-state index is -4.85. The average Bonchev–Trinajstić information content (AvgIpc) is 3.23. The summed E-state index contributed by atoms with van der Waals surface area (Å²) in [6.45, 7) is 1.69. The van der Waals surface area contributed by atoms with Crippen molar-refractivity contribution in [2.75, 3.05) is 20.8 Å². The van der Waals surface area contributed by atoms with Gasteiger partial charge in [-0.3, -0.25) is 9.36 Å². The van der Waals surface area contributed by atoms with Crippen molar-refractivity contribution >= 4 is 29.2 Å². The molecule has 0 bridgehead atoms. The molecule has 0 aliphatic carbocycles. The van der Waals surface area contributed by atoms with Crippen molar-refractivity contribution in [1.29, 1.82) is 0 Å². The number of halogens is 5. The lowest BCUT2D eigenvalue weighted by Crippen LogP contribution is -2.18. The zero-order valence-corrected chi connectivity index (χ0v) is 20.7. The fourth-order valence-corrected chi connectivity index (χ4v) is 4.53. The van der Waals surface area contributed by atoms with Crippen LogP contribution in [0.3, 0.4) is 0 Å². The first-order chi connectivity index (χ1) is 17.1. The van der Waals surface area contributed by atoms with Gasteiger partial charge in [-0.25, -0.2) is 0 Å². The second-order valence-corrected chi connectivity index (χ2v) is 8.45. The van der Waals surface area contributed by atoms with Gasteiger partial charge in [0.1, 0.15) is 12.2 Å². The van der Waals surface area contributed by atoms with E-state index in [4.69, 9.17) is 42.1 Å². The highest BCUT2D eigenvalue weighted by Gasteiger charge is 2.44. The number of aromatic nitrogens is 3. The van der Waals surface area contributed by atoms with Crippen LogP contribution >= 0.6 is 23.2 Å². The number of carbonyl (C=O) groups excluding carboxylic acids is 1. The zero-order valence-electron chi connectivity index (χ0n) is 19.2. The van der Waals surface area contributed by atoms with Gasteiger partial charge in [-0.1, -0.05) is 29.3 Å². The molecule has 1 aliphatic rings. The van der Waals surface area contributed by atoms with Crippen LogP contribution in [-0.4, -0.2) is 41.6 Å². The number of methoxy groups -OCH3 is 2. The number of alkyl halides is 3. The van der Waals surface area contributed by atoms with Gasteiger partial charge in [0, 0.05) is 16.1 Å². The van der Waals surface area contributed by atoms with Crippen LogP contribution in [0.4, 0.5) is 13.2 Å². The Morgan fingerprint density at radius 2 is 1.86 bits per heavy atom. The van der Waals surface area contributed by atoms with E-state index >= 15 is 0 Å². The van der Waals surface area contributed by atoms with E-state index in [2.05, 4.69) is 10.2 Å². The van der Waals surface area contributed by atoms with Gasteiger partial charge in [0.15, 0.2) is 17.3 Å². The second-order valence-electron chi connectivity index (χ2n) is 7.64. The predicted octanol–water partition coefficient (Wildman–Crippen LogP) is 5.72. The van der Waals surface area contributed by atoms with Crippen molar-refractivity contribution in [3.63, 3.8) is 0 Å². The summed E-state index contributed by atoms with van der Waals surface area (Å²) >= 11 is 12.9. The standard InChI is InChI=1S/C23H20Cl2F3N3O5/c1-4-35-17(32)10-16-21-29-30-22(23(26,27)28)31(21)14-7-5-11(24)9-13(14)19(36-16)12-6-8-15(33-2)20(34-3)18(12)25/h5-9,16,19H,4,10H2,1-3H3/t16-,19-/m1/s1. The summed E-state index contributed by atoms with van der Waals surface area (Å²) in [6.07, 6.45) is -7.62. The highest BCUT2D eigenvalue weighted by molar-refractivity contribution is 6.33. The van der Waals surface area contributed by atoms with Gasteiger partial charge in [-0.15, -0.1) is 10.2 Å². The van der Waals surface area contributed by atoms with Crippen LogP contribution in [0.25, 0.3) is 5.69 Å². The predicted molar refractivity (Wildman–Crippen MR) is 123 cm³/mol. The van der Waals surface area contributed by atoms with Crippen molar-refractivity contribution in [2.24, 2.45) is 0 Å². The maximum Gasteiger partial charge on any atom is 0.452 e. The van der Waals surface area contributed by atoms with Gasteiger partial charge < -0.3 is 18.9 Å². The fourth-order valence-electron chi connectivity index (χ4n) is 4.02. The molecule has 0 spiro atoms. The van der Waals surface area contributed by atoms with Crippen molar-refractivity contribution in [1.82, 2.24) is 14.8 Å². The lowest BCUT2D eigenvalue weighted by atomic mass is 9.98. The van der Waals surface area contributed by atoms with Gasteiger partial charge in [-0.05, 0) is 31.2 Å². The highest BCUT2D eigenvalue weighted by atomic mass is 35.5. The van der Waals surface area contributed by atoms with Crippen molar-refractivity contribution in [3.8, 4) is 17.2 Å². The Kier molecular flexibility index (Phi) is 7.35. The maximum atomic E-state index is 14.0. The Bertz CT molecular complexity index is 1300. The van der Waals surface area contributed by atoms with Crippen LogP contribution < -0.4 is 9.47 Å². The SMILES string of the molecule is CCOC(=O)C[C@H]1O[C@H](c2ccc(OC)c(OC)c2Cl)c2cc(Cl)ccc2-n2c1nnc2C(F)(F)F. The van der Waals surface area contributed by atoms with Crippen LogP contribution in [0, 0.1) is 0 Å². The lowest BCUT2D eigenvalue weighted by molar-refractivity contribution is -0.147. The third kappa shape index (κ3) is 4.70. The Morgan fingerprint density at radius 1 is 1.11 bits per heavy atom. The molecule has 36 heavy (non-hydrogen) atoms. The molecule has 0 radical (unpaired) electrons. The normalized spacial score (nSPS) is 17.1. The second kappa shape index (κ2) is 10.2. The van der Waals surface area contributed by atoms with E-state index in [9.17, 15) is 18.0 Å². The number of nitrogens with zero attached hydrogens (tertiary/aromatic N) is 3. The van der Waals surface area contributed by atoms with Gasteiger partial charge in [0.05, 0.1) is 38.0 Å². The number of ether oxygens (including phenoxy) is 4. The molecule has 8 nitrogen and oxygen atoms in total. The Hall–Kier alpha value is -3.02. The van der Waals surface area contributed by atoms with Crippen LogP contribution in [0.1, 0.15) is 48.3 Å². The highest BCUT2D eigenvalue weighted by Crippen LogP contribution is 2.48. The van der Waals surface area contributed by atoms with E-state index in [1.807, 2.05) is 0 Å². The summed E-state index contributed by atoms with van der Waals surface area (Å²) in [5.74, 6) is -1.65. The van der Waals surface area contributed by atoms with Crippen LogP contribution in [0.2, 0.25) is 10.0 Å². The number of rotatable bonds is 6. The van der Waals surface area contributed by atoms with Gasteiger partial charge in [0.2, 0.25) is 5.82 Å². The quantitative estimate of drug-likeness (QED) is 0.366. The first-order valence-electron chi connectivity index (χ1n) is 10.6. The number of esters is 1. The summed E-state index contributed by atoms with van der Waals surface area (Å²) in [6, 6.07) is 7.48. The molecular formula is C23H20Cl2F3N3O5. The molecule has 192 valence electrons. The zero-order chi connectivity index (χ0) is 26.2. The van der Waals surface area contributed by atoms with E-state index in [0.717, 1.165) is 4.57 Å². The van der Waals surface area contributed by atoms with Gasteiger partial charge in [0.25, 0.3) is 0 Å². The van der Waals surface area contributed by atoms with Crippen LogP contribution in [-0.2, 0) is 20.4 Å². The molecular weight excluding hydrogens is 526 g/mol. The monoisotopic (exact) mass is 545 g/mol. The molecule has 0 saturated heterocycles. The summed E-state index contributed by atoms with van der Waals surface area (Å²) < 4.78 is 64.7. The number of benzene rings is 2. The van der Waals surface area contributed by atoms with Crippen molar-refractivity contribution in [3.05, 3.63) is 63.2 Å². The van der Waals surface area contributed by atoms with Crippen LogP contribution in [0.15, 0.2) is 30.3 Å². The molecule has 0 amide bonds. The fraction of sp³-hybridized carbons (Fsp3) is 0.348. The Balaban J connectivity index is 1.99. The minimum absolute atomic E-state index is 0.0638. The first-order valence-corrected chi connectivity index (χ1v) is 11.4. The summed E-state index contributed by atoms with van der Waals surface area (Å²) in [4.78, 5) is 12.4. The maximum absolute atomic E-state index is 14.0. The van der Waals surface area contributed by atoms with E-state index in [1.165, 1.54) is 32.4 Å². The van der Waals surface area contributed by atoms with Crippen LogP contribution in [0.5, 0.6) is 11.5 Å². The van der Waals surface area contributed by atoms with E-state index < -0.39 is 36.6 Å². The van der Waals surface area contributed by atoms with Gasteiger partial charge >= 0.3 is 12.1 Å². The van der Waals surface area contributed by atoms with Crippen molar-refractivity contribution in [2.45, 2.75) is 31.7 Å².